The van der Waals surface area contributed by atoms with Gasteiger partial charge in [-0.15, -0.1) is 11.8 Å². The first-order chi connectivity index (χ1) is 17.3. The average molecular weight is 539 g/mol. The molecule has 0 saturated carbocycles. The fourth-order valence-electron chi connectivity index (χ4n) is 4.02. The number of amides is 1. The molecule has 3 aromatic carbocycles. The maximum atomic E-state index is 13.6. The summed E-state index contributed by atoms with van der Waals surface area (Å²) < 4.78 is 33.9. The van der Waals surface area contributed by atoms with Crippen molar-refractivity contribution >= 4 is 45.0 Å². The fraction of sp³-hybridized carbons (Fsp3) is 0.286. The highest BCUT2D eigenvalue weighted by atomic mass is 32.2. The van der Waals surface area contributed by atoms with Crippen molar-refractivity contribution in [2.75, 3.05) is 21.9 Å². The number of nitrogens with zero attached hydrogens (tertiary/aromatic N) is 1. The largest absolute Gasteiger partial charge is 0.456 e. The van der Waals surface area contributed by atoms with Crippen LogP contribution < -0.4 is 9.62 Å². The SMILES string of the molecule is Cc1cc(C)cc(S(=O)(=O)N2CCSc3ccc(C(=O)Nc4ccc(C(=O)OC(C)(C)C)cc4)cc32)c1. The predicted molar refractivity (Wildman–Crippen MR) is 147 cm³/mol. The van der Waals surface area contributed by atoms with E-state index < -0.39 is 21.6 Å². The second-order valence-corrected chi connectivity index (χ2v) is 13.0. The molecule has 194 valence electrons. The number of benzene rings is 3. The second-order valence-electron chi connectivity index (χ2n) is 9.96. The van der Waals surface area contributed by atoms with E-state index in [-0.39, 0.29) is 10.8 Å². The quantitative estimate of drug-likeness (QED) is 0.412. The first-order valence-corrected chi connectivity index (χ1v) is 14.3. The third-order valence-electron chi connectivity index (χ3n) is 5.60. The number of hydrogen-bond acceptors (Lipinski definition) is 6. The Bertz CT molecular complexity index is 1440. The van der Waals surface area contributed by atoms with Gasteiger partial charge in [0.15, 0.2) is 0 Å². The number of rotatable bonds is 5. The Morgan fingerprint density at radius 3 is 2.16 bits per heavy atom. The Balaban J connectivity index is 1.57. The summed E-state index contributed by atoms with van der Waals surface area (Å²) in [5.74, 6) is -0.207. The van der Waals surface area contributed by atoms with E-state index in [2.05, 4.69) is 5.32 Å². The molecule has 0 aromatic heterocycles. The molecule has 1 amide bonds. The van der Waals surface area contributed by atoms with Crippen molar-refractivity contribution in [1.82, 2.24) is 0 Å². The van der Waals surface area contributed by atoms with Crippen LogP contribution in [0.1, 0.15) is 52.6 Å². The van der Waals surface area contributed by atoms with Crippen molar-refractivity contribution in [3.05, 3.63) is 82.9 Å². The number of carbonyl (C=O) groups is 2. The zero-order chi connectivity index (χ0) is 27.0. The molecular weight excluding hydrogens is 508 g/mol. The zero-order valence-corrected chi connectivity index (χ0v) is 23.1. The van der Waals surface area contributed by atoms with Crippen LogP contribution in [0.3, 0.4) is 0 Å². The van der Waals surface area contributed by atoms with Crippen molar-refractivity contribution in [3.8, 4) is 0 Å². The van der Waals surface area contributed by atoms with E-state index >= 15 is 0 Å². The van der Waals surface area contributed by atoms with Gasteiger partial charge in [-0.1, -0.05) is 6.07 Å². The minimum Gasteiger partial charge on any atom is -0.456 e. The monoisotopic (exact) mass is 538 g/mol. The number of aryl methyl sites for hydroxylation is 2. The molecule has 9 heteroatoms. The van der Waals surface area contributed by atoms with E-state index in [1.165, 1.54) is 4.31 Å². The van der Waals surface area contributed by atoms with E-state index in [1.54, 1.807) is 87.1 Å². The Morgan fingerprint density at radius 1 is 0.919 bits per heavy atom. The molecule has 37 heavy (non-hydrogen) atoms. The summed E-state index contributed by atoms with van der Waals surface area (Å²) in [6.07, 6.45) is 0. The van der Waals surface area contributed by atoms with Crippen LogP contribution in [0.15, 0.2) is 70.5 Å². The standard InChI is InChI=1S/C28H30N2O5S2/c1-18-14-19(2)16-23(15-18)37(33,34)30-12-13-36-25-11-8-21(17-24(25)30)26(31)29-22-9-6-20(7-10-22)27(32)35-28(3,4)5/h6-11,14-17H,12-13H2,1-5H3,(H,29,31). The minimum atomic E-state index is -3.80. The van der Waals surface area contributed by atoms with Gasteiger partial charge in [0.05, 0.1) is 16.1 Å². The molecule has 0 spiro atoms. The summed E-state index contributed by atoms with van der Waals surface area (Å²) in [7, 11) is -3.80. The van der Waals surface area contributed by atoms with Gasteiger partial charge in [0, 0.05) is 28.4 Å². The number of hydrogen-bond donors (Lipinski definition) is 1. The van der Waals surface area contributed by atoms with Gasteiger partial charge in [0.25, 0.3) is 15.9 Å². The normalized spacial score (nSPS) is 13.6. The Labute approximate surface area is 222 Å². The van der Waals surface area contributed by atoms with Crippen LogP contribution in [0.5, 0.6) is 0 Å². The van der Waals surface area contributed by atoms with Crippen molar-refractivity contribution in [2.45, 2.75) is 50.0 Å². The molecular formula is C28H30N2O5S2. The molecule has 7 nitrogen and oxygen atoms in total. The van der Waals surface area contributed by atoms with Crippen LogP contribution in [-0.4, -0.2) is 38.2 Å². The van der Waals surface area contributed by atoms with Gasteiger partial charge in [-0.05, 0) is 100 Å². The number of anilines is 2. The lowest BCUT2D eigenvalue weighted by molar-refractivity contribution is 0.00694. The highest BCUT2D eigenvalue weighted by Crippen LogP contribution is 2.38. The Morgan fingerprint density at radius 2 is 1.54 bits per heavy atom. The Kier molecular flexibility index (Phi) is 7.39. The molecule has 0 radical (unpaired) electrons. The molecule has 4 rings (SSSR count). The van der Waals surface area contributed by atoms with Crippen LogP contribution in [0.25, 0.3) is 0 Å². The van der Waals surface area contributed by atoms with Gasteiger partial charge in [-0.25, -0.2) is 13.2 Å². The third kappa shape index (κ3) is 6.17. The van der Waals surface area contributed by atoms with Gasteiger partial charge in [0.2, 0.25) is 0 Å². The van der Waals surface area contributed by atoms with Gasteiger partial charge >= 0.3 is 5.97 Å². The number of fused-ring (bicyclic) bond motifs is 1. The topological polar surface area (TPSA) is 92.8 Å². The van der Waals surface area contributed by atoms with Crippen LogP contribution in [0, 0.1) is 13.8 Å². The molecule has 0 fully saturated rings. The molecule has 1 aliphatic heterocycles. The zero-order valence-electron chi connectivity index (χ0n) is 21.5. The van der Waals surface area contributed by atoms with Crippen LogP contribution >= 0.6 is 11.8 Å². The number of ether oxygens (including phenoxy) is 1. The number of nitrogens with one attached hydrogen (secondary N) is 1. The molecule has 0 unspecified atom stereocenters. The minimum absolute atomic E-state index is 0.239. The molecule has 3 aromatic rings. The van der Waals surface area contributed by atoms with E-state index in [1.807, 2.05) is 19.9 Å². The highest BCUT2D eigenvalue weighted by molar-refractivity contribution is 8.00. The predicted octanol–water partition coefficient (Wildman–Crippen LogP) is 5.81. The molecule has 1 aliphatic rings. The number of carbonyl (C=O) groups excluding carboxylic acids is 2. The second kappa shape index (κ2) is 10.2. The number of thioether (sulfide) groups is 1. The van der Waals surface area contributed by atoms with Gasteiger partial charge in [0.1, 0.15) is 5.60 Å². The molecule has 1 N–H and O–H groups in total. The lowest BCUT2D eigenvalue weighted by atomic mass is 10.1. The summed E-state index contributed by atoms with van der Waals surface area (Å²) in [6.45, 7) is 9.44. The Hall–Kier alpha value is -3.30. The van der Waals surface area contributed by atoms with Crippen LogP contribution in [0.4, 0.5) is 11.4 Å². The summed E-state index contributed by atoms with van der Waals surface area (Å²) in [5, 5.41) is 2.81. The fourth-order valence-corrected chi connectivity index (χ4v) is 6.84. The van der Waals surface area contributed by atoms with Crippen molar-refractivity contribution < 1.29 is 22.7 Å². The maximum absolute atomic E-state index is 13.6. The van der Waals surface area contributed by atoms with Crippen LogP contribution in [0.2, 0.25) is 0 Å². The summed E-state index contributed by atoms with van der Waals surface area (Å²) in [5.41, 5.74) is 2.84. The smallest absolute Gasteiger partial charge is 0.338 e. The van der Waals surface area contributed by atoms with Crippen molar-refractivity contribution in [1.29, 1.82) is 0 Å². The summed E-state index contributed by atoms with van der Waals surface area (Å²) in [6, 6.07) is 16.8. The van der Waals surface area contributed by atoms with E-state index in [9.17, 15) is 18.0 Å². The number of esters is 1. The maximum Gasteiger partial charge on any atom is 0.338 e. The molecule has 0 aliphatic carbocycles. The lowest BCUT2D eigenvalue weighted by Gasteiger charge is -2.30. The molecule has 0 bridgehead atoms. The molecule has 1 heterocycles. The van der Waals surface area contributed by atoms with E-state index in [4.69, 9.17) is 4.74 Å². The third-order valence-corrected chi connectivity index (χ3v) is 8.44. The number of sulfonamides is 1. The first kappa shape index (κ1) is 26.8. The first-order valence-electron chi connectivity index (χ1n) is 11.9. The van der Waals surface area contributed by atoms with Gasteiger partial charge < -0.3 is 10.1 Å². The van der Waals surface area contributed by atoms with Crippen molar-refractivity contribution in [2.24, 2.45) is 0 Å². The van der Waals surface area contributed by atoms with Gasteiger partial charge in [-0.3, -0.25) is 9.10 Å². The van der Waals surface area contributed by atoms with Crippen LogP contribution in [-0.2, 0) is 14.8 Å². The summed E-state index contributed by atoms with van der Waals surface area (Å²) >= 11 is 1.56. The van der Waals surface area contributed by atoms with Crippen molar-refractivity contribution in [3.63, 3.8) is 0 Å². The van der Waals surface area contributed by atoms with E-state index in [0.717, 1.165) is 16.0 Å². The highest BCUT2D eigenvalue weighted by Gasteiger charge is 2.30. The van der Waals surface area contributed by atoms with Gasteiger partial charge in [-0.2, -0.15) is 0 Å². The lowest BCUT2D eigenvalue weighted by Crippen LogP contribution is -2.35. The molecule has 0 atom stereocenters. The molecule has 0 saturated heterocycles. The van der Waals surface area contributed by atoms with E-state index in [0.29, 0.717) is 34.8 Å². The summed E-state index contributed by atoms with van der Waals surface area (Å²) in [4.78, 5) is 26.3. The average Bonchev–Trinajstić information content (AvgIpc) is 2.82.